The molecule has 0 N–H and O–H groups in total. The summed E-state index contributed by atoms with van der Waals surface area (Å²) < 4.78 is 5.31. The first-order valence-electron chi connectivity index (χ1n) is 8.23. The standard InChI is InChI=1S/C17H28N2O2/c1-12(2)7-9-19(10-8-13(3)4)17(20)15-11-16(21-18-15)14-5-6-14/h11-14H,5-10H2,1-4H3. The quantitative estimate of drug-likeness (QED) is 0.725. The Hall–Kier alpha value is -1.32. The van der Waals surface area contributed by atoms with Gasteiger partial charge < -0.3 is 9.42 Å². The minimum Gasteiger partial charge on any atom is -0.360 e. The second-order valence-electron chi connectivity index (χ2n) is 7.05. The Kier molecular flexibility index (Phi) is 5.43. The average molecular weight is 292 g/mol. The fourth-order valence-electron chi connectivity index (χ4n) is 2.26. The van der Waals surface area contributed by atoms with Crippen molar-refractivity contribution in [2.45, 2.75) is 59.3 Å². The summed E-state index contributed by atoms with van der Waals surface area (Å²) in [5.41, 5.74) is 0.476. The summed E-state index contributed by atoms with van der Waals surface area (Å²) in [6.07, 6.45) is 4.37. The maximum Gasteiger partial charge on any atom is 0.276 e. The van der Waals surface area contributed by atoms with Gasteiger partial charge in [-0.05, 0) is 37.5 Å². The van der Waals surface area contributed by atoms with E-state index in [0.29, 0.717) is 23.4 Å². The zero-order valence-corrected chi connectivity index (χ0v) is 13.8. The van der Waals surface area contributed by atoms with E-state index < -0.39 is 0 Å². The number of aromatic nitrogens is 1. The summed E-state index contributed by atoms with van der Waals surface area (Å²) in [6, 6.07) is 1.84. The largest absolute Gasteiger partial charge is 0.360 e. The number of nitrogens with zero attached hydrogens (tertiary/aromatic N) is 2. The van der Waals surface area contributed by atoms with E-state index in [1.807, 2.05) is 11.0 Å². The second kappa shape index (κ2) is 7.10. The molecule has 0 bridgehead atoms. The Balaban J connectivity index is 1.99. The highest BCUT2D eigenvalue weighted by atomic mass is 16.5. The molecule has 0 atom stereocenters. The summed E-state index contributed by atoms with van der Waals surface area (Å²) >= 11 is 0. The zero-order valence-electron chi connectivity index (χ0n) is 13.8. The van der Waals surface area contributed by atoms with Crippen LogP contribution in [0.3, 0.4) is 0 Å². The molecular formula is C17H28N2O2. The fraction of sp³-hybridized carbons (Fsp3) is 0.765. The molecule has 0 spiro atoms. The molecule has 4 nitrogen and oxygen atoms in total. The molecule has 1 aromatic rings. The first kappa shape index (κ1) is 16.1. The van der Waals surface area contributed by atoms with Crippen LogP contribution in [0.2, 0.25) is 0 Å². The van der Waals surface area contributed by atoms with Gasteiger partial charge >= 0.3 is 0 Å². The van der Waals surface area contributed by atoms with Crippen molar-refractivity contribution in [1.29, 1.82) is 0 Å². The van der Waals surface area contributed by atoms with E-state index in [-0.39, 0.29) is 5.91 Å². The minimum absolute atomic E-state index is 0.0203. The lowest BCUT2D eigenvalue weighted by Crippen LogP contribution is -2.34. The molecule has 1 aliphatic carbocycles. The molecule has 118 valence electrons. The Labute approximate surface area is 127 Å². The molecule has 1 saturated carbocycles. The van der Waals surface area contributed by atoms with Crippen LogP contribution in [-0.2, 0) is 0 Å². The van der Waals surface area contributed by atoms with Gasteiger partial charge in [0.05, 0.1) is 0 Å². The van der Waals surface area contributed by atoms with Crippen LogP contribution in [0.5, 0.6) is 0 Å². The minimum atomic E-state index is 0.0203. The van der Waals surface area contributed by atoms with E-state index in [0.717, 1.165) is 44.5 Å². The number of hydrogen-bond donors (Lipinski definition) is 0. The number of carbonyl (C=O) groups is 1. The summed E-state index contributed by atoms with van der Waals surface area (Å²) in [4.78, 5) is 14.6. The molecule has 0 radical (unpaired) electrons. The highest BCUT2D eigenvalue weighted by molar-refractivity contribution is 5.92. The van der Waals surface area contributed by atoms with Crippen molar-refractivity contribution in [3.05, 3.63) is 17.5 Å². The molecule has 4 heteroatoms. The number of amides is 1. The van der Waals surface area contributed by atoms with Gasteiger partial charge in [0.1, 0.15) is 5.76 Å². The Morgan fingerprint density at radius 3 is 2.29 bits per heavy atom. The molecule has 2 rings (SSSR count). The van der Waals surface area contributed by atoms with E-state index in [2.05, 4.69) is 32.9 Å². The average Bonchev–Trinajstić information content (AvgIpc) is 3.15. The summed E-state index contributed by atoms with van der Waals surface area (Å²) in [6.45, 7) is 10.3. The van der Waals surface area contributed by atoms with E-state index in [4.69, 9.17) is 4.52 Å². The van der Waals surface area contributed by atoms with Crippen molar-refractivity contribution >= 4 is 5.91 Å². The highest BCUT2D eigenvalue weighted by Crippen LogP contribution is 2.40. The third-order valence-corrected chi connectivity index (χ3v) is 3.97. The molecule has 0 aromatic carbocycles. The third-order valence-electron chi connectivity index (χ3n) is 3.97. The van der Waals surface area contributed by atoms with Crippen molar-refractivity contribution in [1.82, 2.24) is 10.1 Å². The van der Waals surface area contributed by atoms with Crippen LogP contribution in [0.15, 0.2) is 10.6 Å². The molecule has 0 aliphatic heterocycles. The number of carbonyl (C=O) groups excluding carboxylic acids is 1. The van der Waals surface area contributed by atoms with Gasteiger partial charge in [-0.15, -0.1) is 0 Å². The van der Waals surface area contributed by atoms with Crippen LogP contribution >= 0.6 is 0 Å². The van der Waals surface area contributed by atoms with Gasteiger partial charge in [-0.3, -0.25) is 4.79 Å². The Morgan fingerprint density at radius 2 is 1.81 bits per heavy atom. The van der Waals surface area contributed by atoms with Crippen molar-refractivity contribution in [2.75, 3.05) is 13.1 Å². The van der Waals surface area contributed by atoms with Crippen molar-refractivity contribution in [3.8, 4) is 0 Å². The van der Waals surface area contributed by atoms with Crippen LogP contribution in [0, 0.1) is 11.8 Å². The predicted molar refractivity (Wildman–Crippen MR) is 83.3 cm³/mol. The van der Waals surface area contributed by atoms with Gasteiger partial charge in [-0.1, -0.05) is 32.9 Å². The van der Waals surface area contributed by atoms with Crippen molar-refractivity contribution in [2.24, 2.45) is 11.8 Å². The molecule has 21 heavy (non-hydrogen) atoms. The molecule has 1 aliphatic rings. The fourth-order valence-corrected chi connectivity index (χ4v) is 2.26. The number of rotatable bonds is 8. The summed E-state index contributed by atoms with van der Waals surface area (Å²) in [5.74, 6) is 2.59. The molecule has 1 fully saturated rings. The third kappa shape index (κ3) is 4.87. The van der Waals surface area contributed by atoms with E-state index >= 15 is 0 Å². The highest BCUT2D eigenvalue weighted by Gasteiger charge is 2.29. The Morgan fingerprint density at radius 1 is 1.24 bits per heavy atom. The van der Waals surface area contributed by atoms with Crippen LogP contribution in [0.4, 0.5) is 0 Å². The van der Waals surface area contributed by atoms with Crippen LogP contribution in [0.1, 0.15) is 75.5 Å². The lowest BCUT2D eigenvalue weighted by Gasteiger charge is -2.23. The molecule has 1 heterocycles. The van der Waals surface area contributed by atoms with Crippen molar-refractivity contribution < 1.29 is 9.32 Å². The van der Waals surface area contributed by atoms with Gasteiger partial charge in [-0.2, -0.15) is 0 Å². The van der Waals surface area contributed by atoms with E-state index in [1.54, 1.807) is 0 Å². The maximum absolute atomic E-state index is 12.6. The monoisotopic (exact) mass is 292 g/mol. The van der Waals surface area contributed by atoms with Crippen LogP contribution in [0.25, 0.3) is 0 Å². The smallest absolute Gasteiger partial charge is 0.276 e. The molecule has 0 unspecified atom stereocenters. The lowest BCUT2D eigenvalue weighted by atomic mass is 10.1. The van der Waals surface area contributed by atoms with E-state index in [9.17, 15) is 4.79 Å². The summed E-state index contributed by atoms with van der Waals surface area (Å²) in [7, 11) is 0. The van der Waals surface area contributed by atoms with Crippen LogP contribution < -0.4 is 0 Å². The predicted octanol–water partition coefficient (Wildman–Crippen LogP) is 4.09. The van der Waals surface area contributed by atoms with Gasteiger partial charge in [0.15, 0.2) is 5.69 Å². The second-order valence-corrected chi connectivity index (χ2v) is 7.05. The molecule has 1 aromatic heterocycles. The summed E-state index contributed by atoms with van der Waals surface area (Å²) in [5, 5.41) is 3.99. The van der Waals surface area contributed by atoms with Crippen molar-refractivity contribution in [3.63, 3.8) is 0 Å². The van der Waals surface area contributed by atoms with Crippen LogP contribution in [-0.4, -0.2) is 29.1 Å². The number of hydrogen-bond acceptors (Lipinski definition) is 3. The van der Waals surface area contributed by atoms with Gasteiger partial charge in [-0.25, -0.2) is 0 Å². The maximum atomic E-state index is 12.6. The first-order chi connectivity index (χ1) is 9.97. The zero-order chi connectivity index (χ0) is 15.4. The molecular weight excluding hydrogens is 264 g/mol. The SMILES string of the molecule is CC(C)CCN(CCC(C)C)C(=O)c1cc(C2CC2)on1. The Bertz CT molecular complexity index is 449. The lowest BCUT2D eigenvalue weighted by molar-refractivity contribution is 0.0730. The van der Waals surface area contributed by atoms with Gasteiger partial charge in [0.25, 0.3) is 5.91 Å². The van der Waals surface area contributed by atoms with Gasteiger partial charge in [0.2, 0.25) is 0 Å². The van der Waals surface area contributed by atoms with E-state index in [1.165, 1.54) is 0 Å². The molecule has 0 saturated heterocycles. The normalized spacial score (nSPS) is 15.0. The van der Waals surface area contributed by atoms with Gasteiger partial charge in [0, 0.05) is 25.1 Å². The molecule has 1 amide bonds. The topological polar surface area (TPSA) is 46.3 Å². The first-order valence-corrected chi connectivity index (χ1v) is 8.23.